The Labute approximate surface area is 301 Å². The number of hydrogen-bond donors (Lipinski definition) is 2. The maximum Gasteiger partial charge on any atom is 0.197 e. The molecule has 258 valence electrons. The lowest BCUT2D eigenvalue weighted by molar-refractivity contribution is 0.0996. The van der Waals surface area contributed by atoms with Crippen LogP contribution in [-0.2, 0) is 0 Å². The van der Waals surface area contributed by atoms with Crippen LogP contribution in [0.4, 0.5) is 11.4 Å². The van der Waals surface area contributed by atoms with Crippen molar-refractivity contribution in [2.24, 2.45) is 11.8 Å². The zero-order chi connectivity index (χ0) is 34.2. The lowest BCUT2D eigenvalue weighted by Crippen LogP contribution is -2.42. The van der Waals surface area contributed by atoms with Gasteiger partial charge >= 0.3 is 0 Å². The smallest absolute Gasteiger partial charge is 0.197 e. The van der Waals surface area contributed by atoms with E-state index in [0.29, 0.717) is 0 Å². The average molecular weight is 703 g/mol. The van der Waals surface area contributed by atoms with Crippen molar-refractivity contribution in [1.82, 2.24) is 9.80 Å². The van der Waals surface area contributed by atoms with E-state index in [1.165, 1.54) is 25.7 Å². The molecule has 2 fully saturated rings. The summed E-state index contributed by atoms with van der Waals surface area (Å²) in [5, 5.41) is 10.6. The minimum atomic E-state index is 0.135. The van der Waals surface area contributed by atoms with Crippen molar-refractivity contribution in [2.75, 3.05) is 63.0 Å². The van der Waals surface area contributed by atoms with Crippen molar-refractivity contribution in [1.29, 1.82) is 0 Å². The van der Waals surface area contributed by atoms with Crippen molar-refractivity contribution in [3.05, 3.63) is 104 Å². The molecular formula is C42H46N4O2S2. The van der Waals surface area contributed by atoms with Crippen LogP contribution < -0.4 is 21.5 Å². The normalized spacial score (nSPS) is 16.9. The second-order valence-corrected chi connectivity index (χ2v) is 16.4. The molecule has 0 unspecified atom stereocenters. The molecule has 4 aromatic carbocycles. The molecule has 2 saturated heterocycles. The summed E-state index contributed by atoms with van der Waals surface area (Å²) in [5.74, 6) is 1.65. The van der Waals surface area contributed by atoms with Gasteiger partial charge in [-0.05, 0) is 125 Å². The zero-order valence-corrected chi connectivity index (χ0v) is 30.7. The van der Waals surface area contributed by atoms with Crippen LogP contribution in [0, 0.1) is 25.7 Å². The predicted octanol–water partition coefficient (Wildman–Crippen LogP) is 8.71. The van der Waals surface area contributed by atoms with E-state index in [0.717, 1.165) is 127 Å². The summed E-state index contributed by atoms with van der Waals surface area (Å²) >= 11 is 3.44. The van der Waals surface area contributed by atoms with Gasteiger partial charge in [-0.2, -0.15) is 0 Å². The van der Waals surface area contributed by atoms with Crippen molar-refractivity contribution in [3.63, 3.8) is 0 Å². The van der Waals surface area contributed by atoms with Crippen molar-refractivity contribution in [3.8, 4) is 0 Å². The van der Waals surface area contributed by atoms with Crippen molar-refractivity contribution >= 4 is 74.4 Å². The van der Waals surface area contributed by atoms with Gasteiger partial charge in [-0.15, -0.1) is 22.7 Å². The summed E-state index contributed by atoms with van der Waals surface area (Å²) in [6, 6.07) is 24.4. The van der Waals surface area contributed by atoms with Crippen molar-refractivity contribution in [2.45, 2.75) is 39.5 Å². The number of hydrogen-bond acceptors (Lipinski definition) is 8. The van der Waals surface area contributed by atoms with Crippen LogP contribution in [-0.4, -0.2) is 62.2 Å². The number of rotatable bonds is 9. The zero-order valence-electron chi connectivity index (χ0n) is 29.1. The predicted molar refractivity (Wildman–Crippen MR) is 216 cm³/mol. The third-order valence-electron chi connectivity index (χ3n) is 11.3. The Balaban J connectivity index is 0.802. The summed E-state index contributed by atoms with van der Waals surface area (Å²) in [6.07, 6.45) is 5.13. The first-order valence-electron chi connectivity index (χ1n) is 18.3. The molecule has 0 atom stereocenters. The third-order valence-corrected chi connectivity index (χ3v) is 13.9. The molecule has 2 aliphatic rings. The summed E-state index contributed by atoms with van der Waals surface area (Å²) in [6.45, 7) is 12.5. The van der Waals surface area contributed by atoms with E-state index in [4.69, 9.17) is 0 Å². The summed E-state index contributed by atoms with van der Waals surface area (Å²) in [5.41, 5.74) is 4.52. The van der Waals surface area contributed by atoms with Gasteiger partial charge in [0.05, 0.1) is 10.8 Å². The van der Waals surface area contributed by atoms with Crippen LogP contribution in [0.2, 0.25) is 0 Å². The van der Waals surface area contributed by atoms with Gasteiger partial charge in [-0.3, -0.25) is 9.59 Å². The van der Waals surface area contributed by atoms with Gasteiger partial charge in [0.15, 0.2) is 10.9 Å². The highest BCUT2D eigenvalue weighted by atomic mass is 32.1. The highest BCUT2D eigenvalue weighted by Crippen LogP contribution is 2.35. The Kier molecular flexibility index (Phi) is 9.62. The number of nitrogens with zero attached hydrogens (tertiary/aromatic N) is 2. The standard InChI is InChI=1S/C42H46N4O2S2/c1-27-11-13-33(37-39(47)31-7-3-5-9-35(31)49-41(27)37)43-19-25-45-21-15-29(16-22-45)30-17-23-46(24-18-30)26-20-44-34-14-12-28(2)42-38(34)40(48)32-8-4-6-10-36(32)50-42/h3-14,29-30,43-44H,15-26H2,1-2H3. The summed E-state index contributed by atoms with van der Waals surface area (Å²) in [4.78, 5) is 32.2. The van der Waals surface area contributed by atoms with E-state index in [1.807, 2.05) is 48.5 Å². The van der Waals surface area contributed by atoms with E-state index in [1.54, 1.807) is 22.7 Å². The second kappa shape index (κ2) is 14.4. The molecule has 2 aromatic heterocycles. The lowest BCUT2D eigenvalue weighted by Gasteiger charge is -2.40. The van der Waals surface area contributed by atoms with Crippen LogP contribution in [0.25, 0.3) is 40.3 Å². The minimum Gasteiger partial charge on any atom is -0.383 e. The minimum absolute atomic E-state index is 0.135. The Hall–Kier alpha value is -3.82. The highest BCUT2D eigenvalue weighted by Gasteiger charge is 2.29. The molecule has 50 heavy (non-hydrogen) atoms. The molecule has 0 radical (unpaired) electrons. The van der Waals surface area contributed by atoms with Crippen LogP contribution in [0.1, 0.15) is 36.8 Å². The lowest BCUT2D eigenvalue weighted by atomic mass is 9.79. The number of nitrogens with one attached hydrogen (secondary N) is 2. The van der Waals surface area contributed by atoms with Gasteiger partial charge in [-0.1, -0.05) is 36.4 Å². The number of aryl methyl sites for hydroxylation is 2. The largest absolute Gasteiger partial charge is 0.383 e. The van der Waals surface area contributed by atoms with Crippen LogP contribution in [0.3, 0.4) is 0 Å². The van der Waals surface area contributed by atoms with E-state index in [-0.39, 0.29) is 10.9 Å². The Morgan fingerprint density at radius 1 is 0.580 bits per heavy atom. The SMILES string of the molecule is Cc1ccc(NCCN2CCC(C3CCN(CCNc4ccc(C)c5sc6ccccc6c(=O)c45)CC3)CC2)c2c(=O)c3ccccc3sc12. The molecule has 0 amide bonds. The van der Waals surface area contributed by atoms with E-state index >= 15 is 0 Å². The van der Waals surface area contributed by atoms with Crippen LogP contribution in [0.15, 0.2) is 82.4 Å². The maximum atomic E-state index is 13.5. The maximum absolute atomic E-state index is 13.5. The van der Waals surface area contributed by atoms with E-state index in [9.17, 15) is 9.59 Å². The fraction of sp³-hybridized carbons (Fsp3) is 0.381. The van der Waals surface area contributed by atoms with Gasteiger partial charge in [-0.25, -0.2) is 0 Å². The Morgan fingerprint density at radius 2 is 0.980 bits per heavy atom. The van der Waals surface area contributed by atoms with E-state index in [2.05, 4.69) is 58.5 Å². The highest BCUT2D eigenvalue weighted by molar-refractivity contribution is 7.25. The molecule has 0 bridgehead atoms. The molecule has 8 rings (SSSR count). The van der Waals surface area contributed by atoms with Crippen molar-refractivity contribution < 1.29 is 0 Å². The molecule has 0 aliphatic carbocycles. The molecule has 0 spiro atoms. The Bertz CT molecular complexity index is 2140. The first-order chi connectivity index (χ1) is 24.4. The number of piperidine rings is 2. The average Bonchev–Trinajstić information content (AvgIpc) is 3.14. The fourth-order valence-electron chi connectivity index (χ4n) is 8.35. The van der Waals surface area contributed by atoms with E-state index < -0.39 is 0 Å². The molecule has 0 saturated carbocycles. The molecule has 2 N–H and O–H groups in total. The molecule has 8 heteroatoms. The molecular weight excluding hydrogens is 657 g/mol. The topological polar surface area (TPSA) is 64.7 Å². The van der Waals surface area contributed by atoms with Gasteiger partial charge in [0.2, 0.25) is 0 Å². The van der Waals surface area contributed by atoms with Crippen LogP contribution in [0.5, 0.6) is 0 Å². The first kappa shape index (κ1) is 33.3. The monoisotopic (exact) mass is 702 g/mol. The van der Waals surface area contributed by atoms with Crippen LogP contribution >= 0.6 is 22.7 Å². The number of fused-ring (bicyclic) bond motifs is 4. The Morgan fingerprint density at radius 3 is 1.40 bits per heavy atom. The van der Waals surface area contributed by atoms with Gasteiger partial charge in [0, 0.05) is 67.1 Å². The number of benzene rings is 4. The van der Waals surface area contributed by atoms with Gasteiger partial charge in [0.1, 0.15) is 0 Å². The third kappa shape index (κ3) is 6.55. The number of anilines is 2. The molecule has 4 heterocycles. The fourth-order valence-corrected chi connectivity index (χ4v) is 10.7. The molecule has 6 nitrogen and oxygen atoms in total. The quantitative estimate of drug-likeness (QED) is 0.147. The first-order valence-corrected chi connectivity index (χ1v) is 19.9. The second-order valence-electron chi connectivity index (χ2n) is 14.3. The van der Waals surface area contributed by atoms with Gasteiger partial charge in [0.25, 0.3) is 0 Å². The summed E-state index contributed by atoms with van der Waals surface area (Å²) in [7, 11) is 0. The number of likely N-dealkylation sites (tertiary alicyclic amines) is 2. The molecule has 6 aromatic rings. The van der Waals surface area contributed by atoms with Gasteiger partial charge < -0.3 is 20.4 Å². The summed E-state index contributed by atoms with van der Waals surface area (Å²) < 4.78 is 4.29. The molecule has 2 aliphatic heterocycles.